The zero-order valence-corrected chi connectivity index (χ0v) is 14.5. The Labute approximate surface area is 142 Å². The fourth-order valence-electron chi connectivity index (χ4n) is 2.21. The van der Waals surface area contributed by atoms with Crippen LogP contribution in [0.25, 0.3) is 6.08 Å². The third kappa shape index (κ3) is 5.09. The van der Waals surface area contributed by atoms with Crippen LogP contribution < -0.4 is 4.74 Å². The number of benzene rings is 1. The molecule has 0 spiro atoms. The van der Waals surface area contributed by atoms with Crippen LogP contribution in [-0.4, -0.2) is 49.9 Å². The predicted molar refractivity (Wildman–Crippen MR) is 89.3 cm³/mol. The molecule has 0 radical (unpaired) electrons. The number of carbonyl (C=O) groups is 2. The number of carbonyl (C=O) groups excluding carboxylic acids is 2. The first-order valence-electron chi connectivity index (χ1n) is 7.83. The van der Waals surface area contributed by atoms with E-state index in [0.29, 0.717) is 17.9 Å². The summed E-state index contributed by atoms with van der Waals surface area (Å²) in [5, 5.41) is 0. The highest BCUT2D eigenvalue weighted by Gasteiger charge is 2.38. The summed E-state index contributed by atoms with van der Waals surface area (Å²) in [6, 6.07) is 7.18. The third-order valence-electron chi connectivity index (χ3n) is 3.30. The van der Waals surface area contributed by atoms with E-state index in [1.807, 2.05) is 20.2 Å². The molecule has 0 unspecified atom stereocenters. The Hall–Kier alpha value is -2.34. The lowest BCUT2D eigenvalue weighted by molar-refractivity contribution is -0.222. The van der Waals surface area contributed by atoms with E-state index in [2.05, 4.69) is 4.90 Å². The second kappa shape index (κ2) is 7.49. The molecule has 1 aromatic carbocycles. The fraction of sp³-hybridized carbons (Fsp3) is 0.444. The van der Waals surface area contributed by atoms with E-state index in [1.54, 1.807) is 18.2 Å². The molecule has 0 aromatic heterocycles. The lowest BCUT2D eigenvalue weighted by Crippen LogP contribution is -2.41. The number of nitrogens with zero attached hydrogens (tertiary/aromatic N) is 1. The van der Waals surface area contributed by atoms with Gasteiger partial charge in [-0.25, -0.2) is 9.59 Å². The number of rotatable bonds is 6. The molecule has 0 saturated carbocycles. The van der Waals surface area contributed by atoms with Crippen molar-refractivity contribution >= 4 is 18.0 Å². The predicted octanol–water partition coefficient (Wildman–Crippen LogP) is 2.24. The van der Waals surface area contributed by atoms with Gasteiger partial charge in [-0.3, -0.25) is 0 Å². The summed E-state index contributed by atoms with van der Waals surface area (Å²) in [7, 11) is 4.02. The first-order chi connectivity index (χ1) is 11.3. The second-order valence-corrected chi connectivity index (χ2v) is 6.31. The highest BCUT2D eigenvalue weighted by molar-refractivity contribution is 6.18. The summed E-state index contributed by atoms with van der Waals surface area (Å²) >= 11 is 0. The number of hydrogen-bond donors (Lipinski definition) is 0. The van der Waals surface area contributed by atoms with Gasteiger partial charge in [0.1, 0.15) is 11.3 Å². The van der Waals surface area contributed by atoms with E-state index in [1.165, 1.54) is 19.9 Å². The number of hydrogen-bond acceptors (Lipinski definition) is 6. The Morgan fingerprint density at radius 3 is 2.46 bits per heavy atom. The van der Waals surface area contributed by atoms with E-state index in [0.717, 1.165) is 13.0 Å². The first kappa shape index (κ1) is 18.0. The lowest BCUT2D eigenvalue weighted by atomic mass is 10.1. The van der Waals surface area contributed by atoms with Crippen molar-refractivity contribution in [2.75, 3.05) is 27.2 Å². The molecule has 0 bridgehead atoms. The Bertz CT molecular complexity index is 627. The van der Waals surface area contributed by atoms with Gasteiger partial charge in [0, 0.05) is 20.4 Å². The monoisotopic (exact) mass is 333 g/mol. The lowest BCUT2D eigenvalue weighted by Gasteiger charge is -2.29. The zero-order valence-electron chi connectivity index (χ0n) is 14.5. The average molecular weight is 333 g/mol. The maximum atomic E-state index is 12.0. The summed E-state index contributed by atoms with van der Waals surface area (Å²) in [6.07, 6.45) is 2.36. The molecule has 6 heteroatoms. The highest BCUT2D eigenvalue weighted by Crippen LogP contribution is 2.25. The molecular formula is C18H23NO5. The van der Waals surface area contributed by atoms with Crippen LogP contribution in [-0.2, 0) is 19.1 Å². The van der Waals surface area contributed by atoms with E-state index in [9.17, 15) is 9.59 Å². The number of esters is 2. The van der Waals surface area contributed by atoms with Crippen molar-refractivity contribution < 1.29 is 23.8 Å². The van der Waals surface area contributed by atoms with Crippen LogP contribution >= 0.6 is 0 Å². The van der Waals surface area contributed by atoms with E-state index < -0.39 is 17.7 Å². The van der Waals surface area contributed by atoms with Gasteiger partial charge < -0.3 is 19.1 Å². The van der Waals surface area contributed by atoms with E-state index >= 15 is 0 Å². The number of ether oxygens (including phenoxy) is 3. The topological polar surface area (TPSA) is 65.1 Å². The van der Waals surface area contributed by atoms with Crippen molar-refractivity contribution in [3.8, 4) is 5.75 Å². The minimum absolute atomic E-state index is 0.126. The molecule has 1 fully saturated rings. The molecule has 1 aliphatic heterocycles. The van der Waals surface area contributed by atoms with E-state index in [-0.39, 0.29) is 5.57 Å². The molecule has 0 N–H and O–H groups in total. The maximum Gasteiger partial charge on any atom is 0.348 e. The molecule has 1 heterocycles. The molecule has 1 saturated heterocycles. The zero-order chi connectivity index (χ0) is 17.7. The van der Waals surface area contributed by atoms with Crippen LogP contribution in [0.1, 0.15) is 25.8 Å². The third-order valence-corrected chi connectivity index (χ3v) is 3.30. The molecule has 0 amide bonds. The van der Waals surface area contributed by atoms with Gasteiger partial charge >= 0.3 is 11.9 Å². The summed E-state index contributed by atoms with van der Waals surface area (Å²) in [4.78, 5) is 26.0. The highest BCUT2D eigenvalue weighted by atomic mass is 16.7. The largest absolute Gasteiger partial charge is 0.494 e. The number of cyclic esters (lactones) is 2. The maximum absolute atomic E-state index is 12.0. The standard InChI is InChI=1S/C18H23NO5/c1-18(2)23-16(20)15(17(21)24-18)12-13-7-5-8-14(11-13)22-10-6-9-19(3)4/h5,7-8,11-12H,6,9-10H2,1-4H3. The van der Waals surface area contributed by atoms with Crippen molar-refractivity contribution in [2.24, 2.45) is 0 Å². The van der Waals surface area contributed by atoms with Gasteiger partial charge in [0.05, 0.1) is 6.61 Å². The van der Waals surface area contributed by atoms with Crippen LogP contribution in [0.2, 0.25) is 0 Å². The summed E-state index contributed by atoms with van der Waals surface area (Å²) in [5.74, 6) is -1.92. The van der Waals surface area contributed by atoms with Crippen molar-refractivity contribution in [1.29, 1.82) is 0 Å². The van der Waals surface area contributed by atoms with Crippen molar-refractivity contribution in [1.82, 2.24) is 4.90 Å². The van der Waals surface area contributed by atoms with Crippen molar-refractivity contribution in [3.05, 3.63) is 35.4 Å². The Morgan fingerprint density at radius 1 is 1.17 bits per heavy atom. The minimum atomic E-state index is -1.23. The molecule has 0 atom stereocenters. The van der Waals surface area contributed by atoms with Gasteiger partial charge in [0.25, 0.3) is 5.79 Å². The van der Waals surface area contributed by atoms with Crippen LogP contribution in [0.5, 0.6) is 5.75 Å². The molecule has 0 aliphatic carbocycles. The van der Waals surface area contributed by atoms with Crippen molar-refractivity contribution in [2.45, 2.75) is 26.1 Å². The van der Waals surface area contributed by atoms with Gasteiger partial charge in [-0.05, 0) is 44.3 Å². The SMILES string of the molecule is CN(C)CCCOc1cccc(C=C2C(=O)OC(C)(C)OC2=O)c1. The Balaban J connectivity index is 2.06. The van der Waals surface area contributed by atoms with Gasteiger partial charge in [-0.15, -0.1) is 0 Å². The normalized spacial score (nSPS) is 16.6. The first-order valence-corrected chi connectivity index (χ1v) is 7.83. The molecule has 1 aliphatic rings. The summed E-state index contributed by atoms with van der Waals surface area (Å²) in [5.41, 5.74) is 0.544. The molecule has 6 nitrogen and oxygen atoms in total. The molecular weight excluding hydrogens is 310 g/mol. The van der Waals surface area contributed by atoms with Gasteiger partial charge in [0.2, 0.25) is 0 Å². The quantitative estimate of drug-likeness (QED) is 0.344. The Morgan fingerprint density at radius 2 is 1.83 bits per heavy atom. The molecule has 1 aromatic rings. The van der Waals surface area contributed by atoms with E-state index in [4.69, 9.17) is 14.2 Å². The van der Waals surface area contributed by atoms with Crippen LogP contribution in [0, 0.1) is 0 Å². The molecule has 2 rings (SSSR count). The van der Waals surface area contributed by atoms with Gasteiger partial charge in [0.15, 0.2) is 0 Å². The molecule has 24 heavy (non-hydrogen) atoms. The van der Waals surface area contributed by atoms with Crippen LogP contribution in [0.3, 0.4) is 0 Å². The van der Waals surface area contributed by atoms with Gasteiger partial charge in [-0.2, -0.15) is 0 Å². The fourth-order valence-corrected chi connectivity index (χ4v) is 2.21. The molecule has 130 valence electrons. The van der Waals surface area contributed by atoms with Crippen LogP contribution in [0.15, 0.2) is 29.8 Å². The summed E-state index contributed by atoms with van der Waals surface area (Å²) in [6.45, 7) is 4.57. The van der Waals surface area contributed by atoms with Crippen molar-refractivity contribution in [3.63, 3.8) is 0 Å². The van der Waals surface area contributed by atoms with Crippen LogP contribution in [0.4, 0.5) is 0 Å². The smallest absolute Gasteiger partial charge is 0.348 e. The average Bonchev–Trinajstić information content (AvgIpc) is 2.47. The van der Waals surface area contributed by atoms with Gasteiger partial charge in [-0.1, -0.05) is 12.1 Å². The summed E-state index contributed by atoms with van der Waals surface area (Å²) < 4.78 is 15.8. The minimum Gasteiger partial charge on any atom is -0.494 e. The Kier molecular flexibility index (Phi) is 5.62. The second-order valence-electron chi connectivity index (χ2n) is 6.31.